The topological polar surface area (TPSA) is 69.2 Å². The van der Waals surface area contributed by atoms with Crippen LogP contribution in [0.5, 0.6) is 0 Å². The predicted octanol–water partition coefficient (Wildman–Crippen LogP) is -1.90. The first-order valence-corrected chi connectivity index (χ1v) is 2.99. The van der Waals surface area contributed by atoms with E-state index >= 15 is 0 Å². The smallest absolute Gasteiger partial charge is 0 e. The van der Waals surface area contributed by atoms with Crippen LogP contribution in [0.15, 0.2) is 0 Å². The van der Waals surface area contributed by atoms with E-state index in [1.807, 2.05) is 0 Å². The summed E-state index contributed by atoms with van der Waals surface area (Å²) < 4.78 is 0. The normalized spacial score (nSPS) is 5.40. The second-order valence-electron chi connectivity index (χ2n) is 0.866. The molecule has 4 heteroatoms. The van der Waals surface area contributed by atoms with Gasteiger partial charge >= 0.3 is 0 Å². The Morgan fingerprint density at radius 2 is 0.700 bits per heavy atom. The van der Waals surface area contributed by atoms with E-state index in [9.17, 15) is 0 Å². The predicted molar refractivity (Wildman–Crippen MR) is 31.6 cm³/mol. The van der Waals surface area contributed by atoms with Crippen molar-refractivity contribution in [2.24, 2.45) is 0 Å². The third kappa shape index (κ3) is 934. The molecular weight excluding hydrogens is 299 g/mol. The van der Waals surface area contributed by atoms with Crippen molar-refractivity contribution in [2.75, 3.05) is 19.8 Å². The van der Waals surface area contributed by atoms with Gasteiger partial charge in [-0.1, -0.05) is 20.8 Å². The van der Waals surface area contributed by atoms with E-state index in [0.717, 1.165) is 0 Å². The van der Waals surface area contributed by atoms with Gasteiger partial charge in [0.25, 0.3) is 0 Å². The second kappa shape index (κ2) is 53.1. The Labute approximate surface area is 81.9 Å². The van der Waals surface area contributed by atoms with Crippen LogP contribution in [0, 0.1) is 0 Å². The fraction of sp³-hybridized carbons (Fsp3) is 1.00. The van der Waals surface area contributed by atoms with Crippen molar-refractivity contribution in [3.05, 3.63) is 0 Å². The standard InChI is InChI=1S/3C2H5O.Hf/c3*1-2-3;/h3*2H2,1H3;/q3*-1;. The molecule has 0 aromatic heterocycles. The Balaban J connectivity index is -0.0000000257. The van der Waals surface area contributed by atoms with Crippen molar-refractivity contribution in [3.8, 4) is 0 Å². The molecule has 0 saturated carbocycles. The van der Waals surface area contributed by atoms with Gasteiger partial charge in [0, 0.05) is 25.8 Å². The van der Waals surface area contributed by atoms with Crippen LogP contribution in [0.1, 0.15) is 20.8 Å². The molecule has 0 fully saturated rings. The summed E-state index contributed by atoms with van der Waals surface area (Å²) in [6.45, 7) is 4.71. The third-order valence-corrected chi connectivity index (χ3v) is 0. The molecule has 0 radical (unpaired) electrons. The molecule has 0 atom stereocenters. The summed E-state index contributed by atoms with van der Waals surface area (Å²) in [5.74, 6) is 0. The Hall–Kier alpha value is 0.750. The summed E-state index contributed by atoms with van der Waals surface area (Å²) in [4.78, 5) is 0. The van der Waals surface area contributed by atoms with Gasteiger partial charge in [-0.25, -0.2) is 0 Å². The van der Waals surface area contributed by atoms with E-state index in [2.05, 4.69) is 0 Å². The van der Waals surface area contributed by atoms with Crippen LogP contribution < -0.4 is 15.3 Å². The molecule has 0 aliphatic carbocycles. The maximum atomic E-state index is 8.93. The Morgan fingerprint density at radius 3 is 0.700 bits per heavy atom. The molecule has 3 nitrogen and oxygen atoms in total. The Bertz CT molecular complexity index is 17.7. The molecule has 0 rings (SSSR count). The van der Waals surface area contributed by atoms with E-state index in [-0.39, 0.29) is 45.7 Å². The van der Waals surface area contributed by atoms with Crippen molar-refractivity contribution in [2.45, 2.75) is 20.8 Å². The Morgan fingerprint density at radius 1 is 0.700 bits per heavy atom. The van der Waals surface area contributed by atoms with Crippen LogP contribution in [0.3, 0.4) is 0 Å². The molecule has 0 aromatic rings. The fourth-order valence-electron chi connectivity index (χ4n) is 0. The summed E-state index contributed by atoms with van der Waals surface area (Å²) in [5.41, 5.74) is 0. The van der Waals surface area contributed by atoms with Gasteiger partial charge in [-0.2, -0.15) is 0 Å². The van der Waals surface area contributed by atoms with Crippen molar-refractivity contribution in [1.29, 1.82) is 0 Å². The first-order valence-electron chi connectivity index (χ1n) is 2.99. The van der Waals surface area contributed by atoms with Crippen LogP contribution in [0.4, 0.5) is 0 Å². The summed E-state index contributed by atoms with van der Waals surface area (Å²) in [7, 11) is 0. The van der Waals surface area contributed by atoms with Gasteiger partial charge in [-0.3, -0.25) is 0 Å². The zero-order valence-corrected chi connectivity index (χ0v) is 10.4. The summed E-state index contributed by atoms with van der Waals surface area (Å²) in [5, 5.41) is 26.8. The number of rotatable bonds is 0. The second-order valence-corrected chi connectivity index (χ2v) is 0.866. The van der Waals surface area contributed by atoms with Crippen molar-refractivity contribution in [1.82, 2.24) is 0 Å². The van der Waals surface area contributed by atoms with E-state index in [4.69, 9.17) is 15.3 Å². The van der Waals surface area contributed by atoms with E-state index in [1.165, 1.54) is 0 Å². The summed E-state index contributed by atoms with van der Waals surface area (Å²) in [6.07, 6.45) is 0. The molecule has 0 heterocycles. The van der Waals surface area contributed by atoms with Crippen LogP contribution in [0.25, 0.3) is 0 Å². The summed E-state index contributed by atoms with van der Waals surface area (Å²) in [6, 6.07) is 0. The monoisotopic (exact) mass is 315 g/mol. The van der Waals surface area contributed by atoms with Crippen LogP contribution >= 0.6 is 0 Å². The minimum Gasteiger partial charge on any atom is -0.855 e. The van der Waals surface area contributed by atoms with Gasteiger partial charge in [0.05, 0.1) is 0 Å². The van der Waals surface area contributed by atoms with Crippen molar-refractivity contribution in [3.63, 3.8) is 0 Å². The van der Waals surface area contributed by atoms with Gasteiger partial charge < -0.3 is 15.3 Å². The molecule has 0 bridgehead atoms. The molecule has 0 aromatic carbocycles. The van der Waals surface area contributed by atoms with Gasteiger partial charge in [0.15, 0.2) is 0 Å². The average Bonchev–Trinajstić information content (AvgIpc) is 1.70. The maximum Gasteiger partial charge on any atom is 0 e. The Kier molecular flexibility index (Phi) is 119. The molecular formula is C6H15HfO3-3. The van der Waals surface area contributed by atoms with Gasteiger partial charge in [-0.15, -0.1) is 19.8 Å². The molecule has 0 N–H and O–H groups in total. The van der Waals surface area contributed by atoms with Crippen LogP contribution in [0.2, 0.25) is 0 Å². The molecule has 64 valence electrons. The molecule has 0 spiro atoms. The first kappa shape index (κ1) is 22.4. The van der Waals surface area contributed by atoms with Gasteiger partial charge in [0.1, 0.15) is 0 Å². The van der Waals surface area contributed by atoms with Gasteiger partial charge in [-0.05, 0) is 0 Å². The zero-order valence-electron chi connectivity index (χ0n) is 6.85. The molecule has 0 saturated heterocycles. The van der Waals surface area contributed by atoms with E-state index < -0.39 is 0 Å². The van der Waals surface area contributed by atoms with Gasteiger partial charge in [0.2, 0.25) is 0 Å². The van der Waals surface area contributed by atoms with E-state index in [1.54, 1.807) is 20.8 Å². The SMILES string of the molecule is CC[O-].CC[O-].CC[O-].[Hf]. The van der Waals surface area contributed by atoms with Crippen molar-refractivity contribution >= 4 is 0 Å². The molecule has 0 aliphatic rings. The third-order valence-electron chi connectivity index (χ3n) is 0. The molecule has 10 heavy (non-hydrogen) atoms. The number of hydrogen-bond acceptors (Lipinski definition) is 3. The van der Waals surface area contributed by atoms with Crippen LogP contribution in [-0.4, -0.2) is 19.8 Å². The minimum absolute atomic E-state index is 0. The molecule has 0 aliphatic heterocycles. The fourth-order valence-corrected chi connectivity index (χ4v) is 0. The molecule has 0 unspecified atom stereocenters. The zero-order chi connectivity index (χ0) is 8.12. The summed E-state index contributed by atoms with van der Waals surface area (Å²) >= 11 is 0. The number of hydrogen-bond donors (Lipinski definition) is 0. The first-order chi connectivity index (χ1) is 4.24. The average molecular weight is 314 g/mol. The van der Waals surface area contributed by atoms with E-state index in [0.29, 0.717) is 0 Å². The minimum atomic E-state index is 0. The maximum absolute atomic E-state index is 8.93. The van der Waals surface area contributed by atoms with Crippen LogP contribution in [-0.2, 0) is 25.8 Å². The largest absolute Gasteiger partial charge is 0.855 e. The molecule has 0 amide bonds. The van der Waals surface area contributed by atoms with Crippen molar-refractivity contribution < 1.29 is 41.2 Å². The quantitative estimate of drug-likeness (QED) is 0.491.